The number of nitrogens with zero attached hydrogens (tertiary/aromatic N) is 1. The largest absolute Gasteiger partial charge is 0.479 e. The minimum atomic E-state index is -0.657. The molecule has 0 bridgehead atoms. The van der Waals surface area contributed by atoms with Gasteiger partial charge in [0, 0.05) is 17.6 Å². The Balaban J connectivity index is 2.03. The fraction of sp³-hybridized carbons (Fsp3) is 0.533. The van der Waals surface area contributed by atoms with Crippen LogP contribution in [0.4, 0.5) is 0 Å². The molecule has 0 heterocycles. The number of rotatable bonds is 6. The number of carbonyl (C=O) groups excluding carboxylic acids is 1. The van der Waals surface area contributed by atoms with Crippen molar-refractivity contribution in [3.05, 3.63) is 28.2 Å². The van der Waals surface area contributed by atoms with Gasteiger partial charge in [-0.25, -0.2) is 0 Å². The predicted molar refractivity (Wildman–Crippen MR) is 83.0 cm³/mol. The van der Waals surface area contributed by atoms with E-state index < -0.39 is 6.10 Å². The third-order valence-electron chi connectivity index (χ3n) is 3.68. The lowest BCUT2D eigenvalue weighted by atomic mass is 9.91. The Kier molecular flexibility index (Phi) is 5.73. The number of halogens is 2. The van der Waals surface area contributed by atoms with E-state index in [4.69, 9.17) is 33.0 Å². The molecule has 1 aromatic rings. The number of aliphatic hydroxyl groups is 1. The van der Waals surface area contributed by atoms with Crippen molar-refractivity contribution in [3.63, 3.8) is 0 Å². The Labute approximate surface area is 134 Å². The molecule has 0 saturated heterocycles. The van der Waals surface area contributed by atoms with Crippen molar-refractivity contribution in [2.75, 3.05) is 13.2 Å². The molecule has 1 atom stereocenters. The molecule has 0 spiro atoms. The number of hydrogen-bond donors (Lipinski definition) is 1. The molecule has 1 fully saturated rings. The highest BCUT2D eigenvalue weighted by atomic mass is 35.5. The Morgan fingerprint density at radius 3 is 2.71 bits per heavy atom. The molecule has 1 aliphatic rings. The second kappa shape index (κ2) is 7.34. The van der Waals surface area contributed by atoms with Crippen molar-refractivity contribution in [3.8, 4) is 5.75 Å². The molecule has 116 valence electrons. The Morgan fingerprint density at radius 2 is 2.19 bits per heavy atom. The van der Waals surface area contributed by atoms with Gasteiger partial charge >= 0.3 is 0 Å². The summed E-state index contributed by atoms with van der Waals surface area (Å²) in [5.74, 6) is 0.305. The van der Waals surface area contributed by atoms with Crippen LogP contribution in [-0.2, 0) is 4.79 Å². The molecule has 0 radical (unpaired) electrons. The maximum Gasteiger partial charge on any atom is 0.263 e. The SMILES string of the molecule is CC(Oc1ccc(Cl)cc1Cl)C(=O)N(CCO)C1CCC1. The molecule has 1 saturated carbocycles. The van der Waals surface area contributed by atoms with Gasteiger partial charge in [0.2, 0.25) is 0 Å². The van der Waals surface area contributed by atoms with Gasteiger partial charge < -0.3 is 14.7 Å². The van der Waals surface area contributed by atoms with E-state index in [0.29, 0.717) is 22.3 Å². The summed E-state index contributed by atoms with van der Waals surface area (Å²) in [7, 11) is 0. The van der Waals surface area contributed by atoms with Gasteiger partial charge in [0.1, 0.15) is 5.75 Å². The van der Waals surface area contributed by atoms with Crippen LogP contribution >= 0.6 is 23.2 Å². The first kappa shape index (κ1) is 16.4. The number of ether oxygens (including phenoxy) is 1. The maximum atomic E-state index is 12.5. The van der Waals surface area contributed by atoms with E-state index in [1.165, 1.54) is 0 Å². The fourth-order valence-electron chi connectivity index (χ4n) is 2.32. The van der Waals surface area contributed by atoms with Crippen molar-refractivity contribution in [1.82, 2.24) is 4.90 Å². The highest BCUT2D eigenvalue weighted by Gasteiger charge is 2.31. The summed E-state index contributed by atoms with van der Waals surface area (Å²) in [5.41, 5.74) is 0. The van der Waals surface area contributed by atoms with E-state index in [2.05, 4.69) is 0 Å². The van der Waals surface area contributed by atoms with Gasteiger partial charge in [-0.2, -0.15) is 0 Å². The first-order valence-corrected chi connectivity index (χ1v) is 7.81. The van der Waals surface area contributed by atoms with E-state index in [-0.39, 0.29) is 18.6 Å². The third-order valence-corrected chi connectivity index (χ3v) is 4.22. The van der Waals surface area contributed by atoms with Crippen LogP contribution < -0.4 is 4.74 Å². The van der Waals surface area contributed by atoms with Crippen LogP contribution in [0.2, 0.25) is 10.0 Å². The lowest BCUT2D eigenvalue weighted by molar-refractivity contribution is -0.142. The van der Waals surface area contributed by atoms with Crippen LogP contribution in [-0.4, -0.2) is 41.2 Å². The Bertz CT molecular complexity index is 506. The molecule has 1 aromatic carbocycles. The molecule has 6 heteroatoms. The molecule has 21 heavy (non-hydrogen) atoms. The Hall–Kier alpha value is -0.970. The van der Waals surface area contributed by atoms with Crippen LogP contribution in [0.5, 0.6) is 5.75 Å². The summed E-state index contributed by atoms with van der Waals surface area (Å²) in [6.45, 7) is 1.98. The molecule has 0 aliphatic heterocycles. The highest BCUT2D eigenvalue weighted by molar-refractivity contribution is 6.35. The highest BCUT2D eigenvalue weighted by Crippen LogP contribution is 2.29. The lowest BCUT2D eigenvalue weighted by Gasteiger charge is -2.38. The summed E-state index contributed by atoms with van der Waals surface area (Å²) in [5, 5.41) is 10.0. The minimum absolute atomic E-state index is 0.0450. The molecular weight excluding hydrogens is 313 g/mol. The van der Waals surface area contributed by atoms with Crippen molar-refractivity contribution in [2.24, 2.45) is 0 Å². The average Bonchev–Trinajstić information content (AvgIpc) is 2.38. The summed E-state index contributed by atoms with van der Waals surface area (Å²) < 4.78 is 5.64. The van der Waals surface area contributed by atoms with Crippen molar-refractivity contribution < 1.29 is 14.6 Å². The lowest BCUT2D eigenvalue weighted by Crippen LogP contribution is -2.50. The topological polar surface area (TPSA) is 49.8 Å². The molecule has 1 amide bonds. The van der Waals surface area contributed by atoms with Crippen molar-refractivity contribution >= 4 is 29.1 Å². The summed E-state index contributed by atoms with van der Waals surface area (Å²) in [4.78, 5) is 14.2. The van der Waals surface area contributed by atoms with Gasteiger partial charge in [-0.3, -0.25) is 4.79 Å². The first-order chi connectivity index (χ1) is 10.0. The third kappa shape index (κ3) is 4.02. The van der Waals surface area contributed by atoms with Crippen molar-refractivity contribution in [1.29, 1.82) is 0 Å². The van der Waals surface area contributed by atoms with Crippen molar-refractivity contribution in [2.45, 2.75) is 38.3 Å². The fourth-order valence-corrected chi connectivity index (χ4v) is 2.78. The van der Waals surface area contributed by atoms with Crippen LogP contribution in [0.1, 0.15) is 26.2 Å². The number of amides is 1. The number of carbonyl (C=O) groups is 1. The normalized spacial score (nSPS) is 16.2. The van der Waals surface area contributed by atoms with Crippen LogP contribution in [0.3, 0.4) is 0 Å². The summed E-state index contributed by atoms with van der Waals surface area (Å²) in [6, 6.07) is 5.11. The zero-order chi connectivity index (χ0) is 15.4. The maximum absolute atomic E-state index is 12.5. The van der Waals surface area contributed by atoms with Gasteiger partial charge in [0.25, 0.3) is 5.91 Å². The number of benzene rings is 1. The van der Waals surface area contributed by atoms with E-state index >= 15 is 0 Å². The second-order valence-corrected chi connectivity index (χ2v) is 6.02. The van der Waals surface area contributed by atoms with Crippen LogP contribution in [0.25, 0.3) is 0 Å². The first-order valence-electron chi connectivity index (χ1n) is 7.06. The van der Waals surface area contributed by atoms with Gasteiger partial charge in [-0.1, -0.05) is 23.2 Å². The zero-order valence-electron chi connectivity index (χ0n) is 11.9. The van der Waals surface area contributed by atoms with Gasteiger partial charge in [0.05, 0.1) is 11.6 Å². The smallest absolute Gasteiger partial charge is 0.263 e. The summed E-state index contributed by atoms with van der Waals surface area (Å²) >= 11 is 11.9. The standard InChI is InChI=1S/C15H19Cl2NO3/c1-10(21-14-6-5-11(16)9-13(14)17)15(20)18(7-8-19)12-3-2-4-12/h5-6,9-10,12,19H,2-4,7-8H2,1H3. The molecule has 0 aromatic heterocycles. The van der Waals surface area contributed by atoms with Crippen LogP contribution in [0.15, 0.2) is 18.2 Å². The molecular formula is C15H19Cl2NO3. The van der Waals surface area contributed by atoms with E-state index in [1.807, 2.05) is 0 Å². The van der Waals surface area contributed by atoms with E-state index in [0.717, 1.165) is 19.3 Å². The van der Waals surface area contributed by atoms with E-state index in [1.54, 1.807) is 30.0 Å². The molecule has 4 nitrogen and oxygen atoms in total. The van der Waals surface area contributed by atoms with Gasteiger partial charge in [-0.15, -0.1) is 0 Å². The van der Waals surface area contributed by atoms with Crippen LogP contribution in [0, 0.1) is 0 Å². The minimum Gasteiger partial charge on any atom is -0.479 e. The molecule has 1 aliphatic carbocycles. The molecule has 1 N–H and O–H groups in total. The van der Waals surface area contributed by atoms with Gasteiger partial charge in [-0.05, 0) is 44.4 Å². The number of hydrogen-bond acceptors (Lipinski definition) is 3. The van der Waals surface area contributed by atoms with E-state index in [9.17, 15) is 4.79 Å². The quantitative estimate of drug-likeness (QED) is 0.871. The average molecular weight is 332 g/mol. The summed E-state index contributed by atoms with van der Waals surface area (Å²) in [6.07, 6.45) is 2.44. The molecule has 1 unspecified atom stereocenters. The monoisotopic (exact) mass is 331 g/mol. The molecule has 2 rings (SSSR count). The number of aliphatic hydroxyl groups excluding tert-OH is 1. The zero-order valence-corrected chi connectivity index (χ0v) is 13.4. The second-order valence-electron chi connectivity index (χ2n) is 5.17. The Morgan fingerprint density at radius 1 is 1.48 bits per heavy atom. The van der Waals surface area contributed by atoms with Gasteiger partial charge in [0.15, 0.2) is 6.10 Å². The predicted octanol–water partition coefficient (Wildman–Crippen LogP) is 3.13.